The van der Waals surface area contributed by atoms with Gasteiger partial charge in [-0.05, 0) is 18.6 Å². The first-order valence-electron chi connectivity index (χ1n) is 3.53. The summed E-state index contributed by atoms with van der Waals surface area (Å²) in [5.41, 5.74) is 0. The van der Waals surface area contributed by atoms with Crippen molar-refractivity contribution in [2.24, 2.45) is 0 Å². The normalized spacial score (nSPS) is 9.91. The van der Waals surface area contributed by atoms with Crippen LogP contribution in [0.4, 0.5) is 0 Å². The number of aromatic nitrogens is 1. The lowest BCUT2D eigenvalue weighted by Crippen LogP contribution is -1.82. The number of hydrogen-bond donors (Lipinski definition) is 0. The predicted octanol–water partition coefficient (Wildman–Crippen LogP) is 2.96. The molecular formula is C8H10BrNS. The van der Waals surface area contributed by atoms with Crippen LogP contribution in [0.1, 0.15) is 6.42 Å². The Morgan fingerprint density at radius 2 is 2.36 bits per heavy atom. The molecule has 0 aliphatic rings. The average molecular weight is 232 g/mol. The molecule has 0 aromatic carbocycles. The molecule has 11 heavy (non-hydrogen) atoms. The summed E-state index contributed by atoms with van der Waals surface area (Å²) in [6.07, 6.45) is 3.03. The highest BCUT2D eigenvalue weighted by Crippen LogP contribution is 2.14. The van der Waals surface area contributed by atoms with E-state index in [0.717, 1.165) is 16.1 Å². The Hall–Kier alpha value is -0.0200. The van der Waals surface area contributed by atoms with Crippen LogP contribution in [0, 0.1) is 0 Å². The number of thioether (sulfide) groups is 1. The van der Waals surface area contributed by atoms with E-state index in [1.165, 1.54) is 6.42 Å². The van der Waals surface area contributed by atoms with Gasteiger partial charge in [0, 0.05) is 17.3 Å². The number of rotatable bonds is 4. The van der Waals surface area contributed by atoms with Crippen LogP contribution in [0.25, 0.3) is 0 Å². The van der Waals surface area contributed by atoms with Gasteiger partial charge in [-0.3, -0.25) is 0 Å². The Kier molecular flexibility index (Phi) is 4.62. The molecule has 0 spiro atoms. The topological polar surface area (TPSA) is 12.9 Å². The molecule has 3 heteroatoms. The second kappa shape index (κ2) is 5.61. The maximum absolute atomic E-state index is 4.20. The summed E-state index contributed by atoms with van der Waals surface area (Å²) >= 11 is 5.19. The van der Waals surface area contributed by atoms with Crippen molar-refractivity contribution in [1.29, 1.82) is 0 Å². The summed E-state index contributed by atoms with van der Waals surface area (Å²) in [5.74, 6) is 1.14. The average Bonchev–Trinajstić information content (AvgIpc) is 2.07. The van der Waals surface area contributed by atoms with E-state index in [2.05, 4.69) is 20.9 Å². The van der Waals surface area contributed by atoms with E-state index in [0.29, 0.717) is 0 Å². The smallest absolute Gasteiger partial charge is 0.0959 e. The second-order valence-corrected chi connectivity index (χ2v) is 3.97. The minimum atomic E-state index is 1.08. The number of halogens is 1. The van der Waals surface area contributed by atoms with Gasteiger partial charge in [0.15, 0.2) is 0 Å². The van der Waals surface area contributed by atoms with Crippen molar-refractivity contribution in [3.63, 3.8) is 0 Å². The summed E-state index contributed by atoms with van der Waals surface area (Å²) < 4.78 is 0. The van der Waals surface area contributed by atoms with Gasteiger partial charge in [0.05, 0.1) is 5.03 Å². The Bertz CT molecular complexity index is 191. The summed E-state index contributed by atoms with van der Waals surface area (Å²) in [4.78, 5) is 4.20. The van der Waals surface area contributed by atoms with Crippen molar-refractivity contribution >= 4 is 27.7 Å². The zero-order valence-corrected chi connectivity index (χ0v) is 8.57. The highest BCUT2D eigenvalue weighted by atomic mass is 79.9. The van der Waals surface area contributed by atoms with E-state index in [-0.39, 0.29) is 0 Å². The Morgan fingerprint density at radius 3 is 3.00 bits per heavy atom. The molecule has 0 atom stereocenters. The number of hydrogen-bond acceptors (Lipinski definition) is 2. The lowest BCUT2D eigenvalue weighted by molar-refractivity contribution is 1.10. The zero-order valence-electron chi connectivity index (χ0n) is 6.16. The number of pyridine rings is 1. The quantitative estimate of drug-likeness (QED) is 0.449. The largest absolute Gasteiger partial charge is 0.250 e. The van der Waals surface area contributed by atoms with Gasteiger partial charge in [-0.2, -0.15) is 0 Å². The van der Waals surface area contributed by atoms with Gasteiger partial charge in [-0.15, -0.1) is 11.8 Å². The summed E-state index contributed by atoms with van der Waals surface area (Å²) in [5, 5.41) is 2.20. The summed E-state index contributed by atoms with van der Waals surface area (Å²) in [6, 6.07) is 6.00. The van der Waals surface area contributed by atoms with Gasteiger partial charge in [0.25, 0.3) is 0 Å². The van der Waals surface area contributed by atoms with Crippen LogP contribution in [-0.4, -0.2) is 16.1 Å². The molecule has 0 fully saturated rings. The molecule has 0 saturated carbocycles. The molecule has 0 unspecified atom stereocenters. The van der Waals surface area contributed by atoms with Crippen molar-refractivity contribution in [1.82, 2.24) is 4.98 Å². The van der Waals surface area contributed by atoms with Gasteiger partial charge in [-0.1, -0.05) is 22.0 Å². The van der Waals surface area contributed by atoms with E-state index in [1.807, 2.05) is 24.4 Å². The molecule has 0 aliphatic heterocycles. The van der Waals surface area contributed by atoms with E-state index in [4.69, 9.17) is 0 Å². The molecule has 1 aromatic rings. The van der Waals surface area contributed by atoms with Gasteiger partial charge < -0.3 is 0 Å². The second-order valence-electron chi connectivity index (χ2n) is 2.06. The molecule has 0 N–H and O–H groups in total. The molecule has 0 bridgehead atoms. The van der Waals surface area contributed by atoms with Gasteiger partial charge in [0.2, 0.25) is 0 Å². The van der Waals surface area contributed by atoms with Crippen LogP contribution >= 0.6 is 27.7 Å². The van der Waals surface area contributed by atoms with E-state index < -0.39 is 0 Å². The van der Waals surface area contributed by atoms with Crippen LogP contribution in [0.15, 0.2) is 29.4 Å². The molecule has 0 saturated heterocycles. The van der Waals surface area contributed by atoms with Crippen LogP contribution in [0.3, 0.4) is 0 Å². The van der Waals surface area contributed by atoms with Crippen molar-refractivity contribution in [3.05, 3.63) is 24.4 Å². The number of nitrogens with zero attached hydrogens (tertiary/aromatic N) is 1. The van der Waals surface area contributed by atoms with Crippen molar-refractivity contribution < 1.29 is 0 Å². The fourth-order valence-corrected chi connectivity index (χ4v) is 2.12. The maximum Gasteiger partial charge on any atom is 0.0959 e. The summed E-state index contributed by atoms with van der Waals surface area (Å²) in [7, 11) is 0. The van der Waals surface area contributed by atoms with Gasteiger partial charge in [0.1, 0.15) is 0 Å². The third-order valence-electron chi connectivity index (χ3n) is 1.17. The van der Waals surface area contributed by atoms with Gasteiger partial charge >= 0.3 is 0 Å². The molecule has 1 rings (SSSR count). The standard InChI is InChI=1S/C8H10BrNS/c9-5-3-7-11-8-4-1-2-6-10-8/h1-2,4,6H,3,5,7H2. The minimum absolute atomic E-state index is 1.08. The lowest BCUT2D eigenvalue weighted by Gasteiger charge is -1.96. The molecule has 60 valence electrons. The Balaban J connectivity index is 2.28. The molecule has 0 aliphatic carbocycles. The van der Waals surface area contributed by atoms with E-state index in [9.17, 15) is 0 Å². The third kappa shape index (κ3) is 3.77. The van der Waals surface area contributed by atoms with E-state index >= 15 is 0 Å². The zero-order chi connectivity index (χ0) is 7.94. The highest BCUT2D eigenvalue weighted by molar-refractivity contribution is 9.09. The number of alkyl halides is 1. The van der Waals surface area contributed by atoms with Crippen molar-refractivity contribution in [3.8, 4) is 0 Å². The fourth-order valence-electron chi connectivity index (χ4n) is 0.664. The first-order valence-corrected chi connectivity index (χ1v) is 5.64. The molecule has 0 radical (unpaired) electrons. The Morgan fingerprint density at radius 1 is 1.45 bits per heavy atom. The van der Waals surface area contributed by atoms with Crippen LogP contribution < -0.4 is 0 Å². The highest BCUT2D eigenvalue weighted by Gasteiger charge is 1.91. The first-order chi connectivity index (χ1) is 5.43. The third-order valence-corrected chi connectivity index (χ3v) is 2.76. The molecule has 1 aromatic heterocycles. The van der Waals surface area contributed by atoms with Crippen LogP contribution in [0.2, 0.25) is 0 Å². The maximum atomic E-state index is 4.20. The SMILES string of the molecule is BrCCCSc1ccccn1. The first kappa shape index (κ1) is 9.07. The monoisotopic (exact) mass is 231 g/mol. The predicted molar refractivity (Wildman–Crippen MR) is 53.4 cm³/mol. The minimum Gasteiger partial charge on any atom is -0.250 e. The summed E-state index contributed by atoms with van der Waals surface area (Å²) in [6.45, 7) is 0. The molecule has 1 nitrogen and oxygen atoms in total. The molecular weight excluding hydrogens is 222 g/mol. The van der Waals surface area contributed by atoms with Crippen molar-refractivity contribution in [2.45, 2.75) is 11.4 Å². The van der Waals surface area contributed by atoms with Crippen LogP contribution in [0.5, 0.6) is 0 Å². The Labute approximate surface area is 79.7 Å². The fraction of sp³-hybridized carbons (Fsp3) is 0.375. The molecule has 1 heterocycles. The molecule has 0 amide bonds. The lowest BCUT2D eigenvalue weighted by atomic mass is 10.5. The van der Waals surface area contributed by atoms with Gasteiger partial charge in [-0.25, -0.2) is 4.98 Å². The van der Waals surface area contributed by atoms with Crippen LogP contribution in [-0.2, 0) is 0 Å². The van der Waals surface area contributed by atoms with Crippen molar-refractivity contribution in [2.75, 3.05) is 11.1 Å². The van der Waals surface area contributed by atoms with E-state index in [1.54, 1.807) is 11.8 Å².